The molecule has 3 heteroatoms. The number of hydrogen-bond donors (Lipinski definition) is 1. The molecule has 0 bridgehead atoms. The highest BCUT2D eigenvalue weighted by molar-refractivity contribution is 4.94. The summed E-state index contributed by atoms with van der Waals surface area (Å²) in [5, 5.41) is 1.68. The highest BCUT2D eigenvalue weighted by Crippen LogP contribution is 1.89. The van der Waals surface area contributed by atoms with Crippen molar-refractivity contribution in [3.63, 3.8) is 0 Å². The number of hydrogen-bond acceptors (Lipinski definition) is 2. The first-order valence-corrected chi connectivity index (χ1v) is 3.50. The van der Waals surface area contributed by atoms with Crippen LogP contribution in [0.15, 0.2) is 24.5 Å². The van der Waals surface area contributed by atoms with Crippen LogP contribution in [-0.2, 0) is 0 Å². The molecular formula is C7H13N3. The van der Waals surface area contributed by atoms with Crippen molar-refractivity contribution < 1.29 is 0 Å². The van der Waals surface area contributed by atoms with Gasteiger partial charge in [-0.3, -0.25) is 4.68 Å². The molecule has 0 spiro atoms. The molecule has 3 nitrogen and oxygen atoms in total. The molecule has 0 unspecified atom stereocenters. The lowest BCUT2D eigenvalue weighted by Crippen LogP contribution is -2.40. The maximum atomic E-state index is 5.65. The van der Waals surface area contributed by atoms with Crippen LogP contribution in [0.3, 0.4) is 0 Å². The number of aromatic nitrogens is 1. The molecule has 0 aliphatic heterocycles. The Labute approximate surface area is 61.0 Å². The molecule has 2 N–H and O–H groups in total. The predicted molar refractivity (Wildman–Crippen MR) is 42.0 cm³/mol. The first kappa shape index (κ1) is 7.15. The molecule has 1 heterocycles. The Morgan fingerprint density at radius 1 is 1.40 bits per heavy atom. The second-order valence-electron chi connectivity index (χ2n) is 2.23. The fraction of sp³-hybridized carbons (Fsp3) is 0.429. The van der Waals surface area contributed by atoms with Gasteiger partial charge in [-0.05, 0) is 18.6 Å². The van der Waals surface area contributed by atoms with Gasteiger partial charge >= 0.3 is 0 Å². The van der Waals surface area contributed by atoms with Gasteiger partial charge in [0.1, 0.15) is 0 Å². The van der Waals surface area contributed by atoms with Gasteiger partial charge < -0.3 is 0 Å². The molecule has 10 heavy (non-hydrogen) atoms. The van der Waals surface area contributed by atoms with E-state index < -0.39 is 0 Å². The minimum Gasteiger partial charge on any atom is -0.259 e. The first-order valence-electron chi connectivity index (χ1n) is 3.50. The standard InChI is InChI=1S/C7H13N3/c1-2-5-10(8)9-6-3-4-7-9/h3-4,6-7H,2,5,8H2,1H3. The van der Waals surface area contributed by atoms with E-state index >= 15 is 0 Å². The zero-order chi connectivity index (χ0) is 7.40. The zero-order valence-corrected chi connectivity index (χ0v) is 6.20. The Hall–Kier alpha value is -0.960. The van der Waals surface area contributed by atoms with Crippen LogP contribution in [0.25, 0.3) is 0 Å². The van der Waals surface area contributed by atoms with E-state index in [4.69, 9.17) is 5.84 Å². The van der Waals surface area contributed by atoms with Gasteiger partial charge in [0.05, 0.1) is 6.54 Å². The van der Waals surface area contributed by atoms with Gasteiger partial charge in [-0.2, -0.15) is 0 Å². The topological polar surface area (TPSA) is 34.2 Å². The Balaban J connectivity index is 2.50. The van der Waals surface area contributed by atoms with E-state index in [1.165, 1.54) is 0 Å². The fourth-order valence-corrected chi connectivity index (χ4v) is 0.841. The zero-order valence-electron chi connectivity index (χ0n) is 6.20. The molecule has 0 aliphatic rings. The number of nitrogens with zero attached hydrogens (tertiary/aromatic N) is 2. The lowest BCUT2D eigenvalue weighted by molar-refractivity contribution is 0.599. The number of rotatable bonds is 3. The van der Waals surface area contributed by atoms with Gasteiger partial charge in [-0.25, -0.2) is 11.0 Å². The summed E-state index contributed by atoms with van der Waals surface area (Å²) in [6.45, 7) is 2.98. The van der Waals surface area contributed by atoms with Crippen molar-refractivity contribution in [1.29, 1.82) is 0 Å². The van der Waals surface area contributed by atoms with Crippen LogP contribution in [0.4, 0.5) is 0 Å². The van der Waals surface area contributed by atoms with E-state index in [-0.39, 0.29) is 0 Å². The summed E-state index contributed by atoms with van der Waals surface area (Å²) < 4.78 is 1.86. The molecule has 1 aromatic heterocycles. The van der Waals surface area contributed by atoms with Crippen molar-refractivity contribution in [2.24, 2.45) is 5.84 Å². The lowest BCUT2D eigenvalue weighted by atomic mass is 10.5. The Bertz CT molecular complexity index is 169. The van der Waals surface area contributed by atoms with E-state index in [1.54, 1.807) is 5.12 Å². The summed E-state index contributed by atoms with van der Waals surface area (Å²) >= 11 is 0. The van der Waals surface area contributed by atoms with Gasteiger partial charge in [0, 0.05) is 12.4 Å². The van der Waals surface area contributed by atoms with Gasteiger partial charge in [-0.15, -0.1) is 0 Å². The van der Waals surface area contributed by atoms with E-state index in [0.717, 1.165) is 13.0 Å². The third-order valence-electron chi connectivity index (χ3n) is 1.34. The Morgan fingerprint density at radius 3 is 2.50 bits per heavy atom. The second kappa shape index (κ2) is 3.27. The lowest BCUT2D eigenvalue weighted by Gasteiger charge is -2.18. The van der Waals surface area contributed by atoms with Crippen LogP contribution in [0.1, 0.15) is 13.3 Å². The second-order valence-corrected chi connectivity index (χ2v) is 2.23. The third-order valence-corrected chi connectivity index (χ3v) is 1.34. The van der Waals surface area contributed by atoms with Gasteiger partial charge in [-0.1, -0.05) is 6.92 Å². The molecule has 0 aromatic carbocycles. The first-order chi connectivity index (χ1) is 4.84. The maximum Gasteiger partial charge on any atom is 0.0511 e. The smallest absolute Gasteiger partial charge is 0.0511 e. The average Bonchev–Trinajstić information content (AvgIpc) is 2.38. The minimum absolute atomic E-state index is 0.884. The van der Waals surface area contributed by atoms with Gasteiger partial charge in [0.15, 0.2) is 0 Å². The van der Waals surface area contributed by atoms with Crippen LogP contribution < -0.4 is 11.0 Å². The molecule has 56 valence electrons. The Kier molecular flexibility index (Phi) is 2.34. The van der Waals surface area contributed by atoms with Gasteiger partial charge in [0.2, 0.25) is 0 Å². The summed E-state index contributed by atoms with van der Waals surface area (Å²) in [7, 11) is 0. The summed E-state index contributed by atoms with van der Waals surface area (Å²) in [6, 6.07) is 3.91. The summed E-state index contributed by atoms with van der Waals surface area (Å²) in [5.41, 5.74) is 0. The van der Waals surface area contributed by atoms with E-state index in [9.17, 15) is 0 Å². The molecular weight excluding hydrogens is 126 g/mol. The van der Waals surface area contributed by atoms with Crippen LogP contribution in [-0.4, -0.2) is 11.2 Å². The normalized spacial score (nSPS) is 9.80. The SMILES string of the molecule is CCCN(N)n1cccc1. The maximum absolute atomic E-state index is 5.65. The van der Waals surface area contributed by atoms with Crippen molar-refractivity contribution in [1.82, 2.24) is 4.68 Å². The number of hydrazine groups is 1. The largest absolute Gasteiger partial charge is 0.259 e. The molecule has 0 fully saturated rings. The minimum atomic E-state index is 0.884. The van der Waals surface area contributed by atoms with Crippen molar-refractivity contribution in [2.45, 2.75) is 13.3 Å². The van der Waals surface area contributed by atoms with Crippen molar-refractivity contribution in [3.05, 3.63) is 24.5 Å². The van der Waals surface area contributed by atoms with E-state index in [0.29, 0.717) is 0 Å². The monoisotopic (exact) mass is 139 g/mol. The molecule has 1 aromatic rings. The number of nitrogens with two attached hydrogens (primary N) is 1. The highest BCUT2D eigenvalue weighted by Gasteiger charge is 1.93. The quantitative estimate of drug-likeness (QED) is 0.494. The molecule has 0 radical (unpaired) electrons. The van der Waals surface area contributed by atoms with Crippen molar-refractivity contribution in [2.75, 3.05) is 11.7 Å². The predicted octanol–water partition coefficient (Wildman–Crippen LogP) is 0.710. The molecule has 0 atom stereocenters. The van der Waals surface area contributed by atoms with Crippen molar-refractivity contribution in [3.8, 4) is 0 Å². The van der Waals surface area contributed by atoms with Gasteiger partial charge in [0.25, 0.3) is 0 Å². The molecule has 0 saturated carbocycles. The van der Waals surface area contributed by atoms with E-state index in [2.05, 4.69) is 6.92 Å². The van der Waals surface area contributed by atoms with Crippen LogP contribution in [0.5, 0.6) is 0 Å². The fourth-order valence-electron chi connectivity index (χ4n) is 0.841. The van der Waals surface area contributed by atoms with E-state index in [1.807, 2.05) is 29.2 Å². The third kappa shape index (κ3) is 1.51. The van der Waals surface area contributed by atoms with Crippen LogP contribution in [0, 0.1) is 0 Å². The molecule has 0 saturated heterocycles. The van der Waals surface area contributed by atoms with Crippen molar-refractivity contribution >= 4 is 0 Å². The highest BCUT2D eigenvalue weighted by atomic mass is 15.7. The summed E-state index contributed by atoms with van der Waals surface area (Å²) in [5.74, 6) is 5.65. The molecule has 0 aliphatic carbocycles. The van der Waals surface area contributed by atoms with Crippen LogP contribution >= 0.6 is 0 Å². The Morgan fingerprint density at radius 2 is 2.00 bits per heavy atom. The van der Waals surface area contributed by atoms with Crippen LogP contribution in [0.2, 0.25) is 0 Å². The summed E-state index contributed by atoms with van der Waals surface area (Å²) in [4.78, 5) is 0. The average molecular weight is 139 g/mol. The molecule has 0 amide bonds. The molecule has 1 rings (SSSR count). The summed E-state index contributed by atoms with van der Waals surface area (Å²) in [6.07, 6.45) is 4.92.